The zero-order valence-corrected chi connectivity index (χ0v) is 19.0. The van der Waals surface area contributed by atoms with E-state index in [2.05, 4.69) is 15.3 Å². The van der Waals surface area contributed by atoms with Gasteiger partial charge in [0.1, 0.15) is 12.3 Å². The van der Waals surface area contributed by atoms with E-state index in [1.807, 2.05) is 32.0 Å². The molecule has 0 saturated heterocycles. The number of ether oxygens (including phenoxy) is 3. The van der Waals surface area contributed by atoms with Gasteiger partial charge in [-0.25, -0.2) is 4.98 Å². The number of methoxy groups -OCH3 is 3. The van der Waals surface area contributed by atoms with Crippen LogP contribution in [0, 0.1) is 6.92 Å². The number of amides is 1. The summed E-state index contributed by atoms with van der Waals surface area (Å²) < 4.78 is 15.9. The summed E-state index contributed by atoms with van der Waals surface area (Å²) in [6.07, 6.45) is 0. The Balaban J connectivity index is 1.78. The number of nitrogens with zero attached hydrogens (tertiary/aromatic N) is 1. The molecule has 1 amide bonds. The molecule has 0 bridgehead atoms. The molecule has 32 heavy (non-hydrogen) atoms. The maximum Gasteiger partial charge on any atom is 0.279 e. The number of aromatic nitrogens is 2. The van der Waals surface area contributed by atoms with E-state index < -0.39 is 0 Å². The molecule has 9 heteroatoms. The number of aromatic amines is 1. The number of nitrogens with one attached hydrogen (secondary N) is 3. The quantitative estimate of drug-likeness (QED) is 0.462. The zero-order chi connectivity index (χ0) is 23.3. The Morgan fingerprint density at radius 2 is 1.75 bits per heavy atom. The monoisotopic (exact) mass is 441 g/mol. The Bertz CT molecular complexity index is 1170. The van der Waals surface area contributed by atoms with Gasteiger partial charge in [-0.2, -0.15) is 0 Å². The number of anilines is 1. The van der Waals surface area contributed by atoms with Crippen molar-refractivity contribution in [3.63, 3.8) is 0 Å². The molecule has 3 aromatic rings. The highest BCUT2D eigenvalue weighted by atomic mass is 16.5. The number of carbonyl (C=O) groups excluding carboxylic acids is 1. The molecule has 1 atom stereocenters. The lowest BCUT2D eigenvalue weighted by atomic mass is 10.2. The summed E-state index contributed by atoms with van der Waals surface area (Å²) in [5.74, 6) is 1.90. The average molecular weight is 442 g/mol. The number of benzene rings is 2. The normalized spacial score (nSPS) is 11.8. The molecular weight excluding hydrogens is 412 g/mol. The molecule has 1 unspecified atom stereocenters. The van der Waals surface area contributed by atoms with Crippen molar-refractivity contribution in [3.05, 3.63) is 52.1 Å². The molecule has 2 aromatic carbocycles. The third-order valence-corrected chi connectivity index (χ3v) is 5.22. The van der Waals surface area contributed by atoms with Gasteiger partial charge in [0.05, 0.1) is 44.5 Å². The summed E-state index contributed by atoms with van der Waals surface area (Å²) in [5.41, 5.74) is 1.89. The van der Waals surface area contributed by atoms with Gasteiger partial charge in [0.15, 0.2) is 23.9 Å². The Morgan fingerprint density at radius 3 is 2.41 bits per heavy atom. The lowest BCUT2D eigenvalue weighted by molar-refractivity contribution is -0.904. The first-order chi connectivity index (χ1) is 15.4. The lowest BCUT2D eigenvalue weighted by Gasteiger charge is -2.18. The van der Waals surface area contributed by atoms with Crippen LogP contribution in [0.2, 0.25) is 0 Å². The predicted octanol–water partition coefficient (Wildman–Crippen LogP) is 1.30. The molecule has 3 N–H and O–H groups in total. The minimum Gasteiger partial charge on any atom is -0.495 e. The van der Waals surface area contributed by atoms with E-state index in [1.54, 1.807) is 19.2 Å². The molecule has 0 fully saturated rings. The van der Waals surface area contributed by atoms with Crippen LogP contribution in [0.15, 0.2) is 35.1 Å². The highest BCUT2D eigenvalue weighted by Gasteiger charge is 2.18. The number of hydrogen-bond donors (Lipinski definition) is 3. The molecule has 0 spiro atoms. The number of likely N-dealkylation sites (N-methyl/N-ethyl adjacent to an activating group) is 1. The number of quaternary nitrogens is 1. The maximum atomic E-state index is 12.7. The van der Waals surface area contributed by atoms with Crippen molar-refractivity contribution in [2.75, 3.05) is 39.7 Å². The average Bonchev–Trinajstić information content (AvgIpc) is 2.77. The van der Waals surface area contributed by atoms with E-state index in [1.165, 1.54) is 14.2 Å². The third-order valence-electron chi connectivity index (χ3n) is 5.22. The second-order valence-corrected chi connectivity index (χ2v) is 7.45. The van der Waals surface area contributed by atoms with Crippen molar-refractivity contribution >= 4 is 22.5 Å². The van der Waals surface area contributed by atoms with Gasteiger partial charge in [-0.05, 0) is 37.6 Å². The van der Waals surface area contributed by atoms with Crippen molar-refractivity contribution in [3.8, 4) is 17.2 Å². The summed E-state index contributed by atoms with van der Waals surface area (Å²) in [4.78, 5) is 33.6. The van der Waals surface area contributed by atoms with Gasteiger partial charge in [-0.3, -0.25) is 9.59 Å². The summed E-state index contributed by atoms with van der Waals surface area (Å²) in [6.45, 7) is 5.19. The van der Waals surface area contributed by atoms with Crippen LogP contribution < -0.4 is 30.0 Å². The standard InChI is InChI=1S/C23H28N4O5/c1-6-27(13-22(28)25-17-9-14(2)7-8-18(17)30-3)12-21-24-16-11-20(32-5)19(31-4)10-15(16)23(29)26-21/h7-11H,6,12-13H2,1-5H3,(H,25,28)(H,24,26,29)/p+1. The Morgan fingerprint density at radius 1 is 1.06 bits per heavy atom. The van der Waals surface area contributed by atoms with Gasteiger partial charge in [0, 0.05) is 6.07 Å². The smallest absolute Gasteiger partial charge is 0.279 e. The van der Waals surface area contributed by atoms with E-state index in [4.69, 9.17) is 14.2 Å². The molecule has 170 valence electrons. The molecule has 9 nitrogen and oxygen atoms in total. The fraction of sp³-hybridized carbons (Fsp3) is 0.348. The number of hydrogen-bond acceptors (Lipinski definition) is 6. The van der Waals surface area contributed by atoms with Gasteiger partial charge in [0.25, 0.3) is 11.5 Å². The van der Waals surface area contributed by atoms with E-state index >= 15 is 0 Å². The van der Waals surface area contributed by atoms with E-state index in [0.29, 0.717) is 52.8 Å². The van der Waals surface area contributed by atoms with Crippen LogP contribution in [0.5, 0.6) is 17.2 Å². The number of carbonyl (C=O) groups is 1. The summed E-state index contributed by atoms with van der Waals surface area (Å²) in [6, 6.07) is 8.89. The fourth-order valence-corrected chi connectivity index (χ4v) is 3.49. The Hall–Kier alpha value is -3.59. The van der Waals surface area contributed by atoms with Crippen LogP contribution in [-0.2, 0) is 11.3 Å². The molecule has 1 heterocycles. The third kappa shape index (κ3) is 5.17. The minimum atomic E-state index is -0.268. The SMILES string of the molecule is CC[NH+](CC(=O)Nc1cc(C)ccc1OC)Cc1nc2cc(OC)c(OC)cc2c(=O)[nH]1. The first-order valence-corrected chi connectivity index (χ1v) is 10.3. The number of fused-ring (bicyclic) bond motifs is 1. The topological polar surface area (TPSA) is 107 Å². The Kier molecular flexibility index (Phi) is 7.32. The zero-order valence-electron chi connectivity index (χ0n) is 19.0. The van der Waals surface area contributed by atoms with E-state index in [9.17, 15) is 9.59 Å². The van der Waals surface area contributed by atoms with Crippen molar-refractivity contribution in [2.45, 2.75) is 20.4 Å². The van der Waals surface area contributed by atoms with Crippen molar-refractivity contribution in [2.24, 2.45) is 0 Å². The Labute approximate surface area is 186 Å². The maximum absolute atomic E-state index is 12.7. The summed E-state index contributed by atoms with van der Waals surface area (Å²) in [5, 5.41) is 3.32. The van der Waals surface area contributed by atoms with Crippen LogP contribution in [0.25, 0.3) is 10.9 Å². The highest BCUT2D eigenvalue weighted by molar-refractivity contribution is 5.93. The summed E-state index contributed by atoms with van der Waals surface area (Å²) in [7, 11) is 4.61. The molecular formula is C23H29N4O5+. The van der Waals surface area contributed by atoms with Gasteiger partial charge in [0.2, 0.25) is 0 Å². The lowest BCUT2D eigenvalue weighted by Crippen LogP contribution is -3.11. The van der Waals surface area contributed by atoms with Crippen LogP contribution in [0.4, 0.5) is 5.69 Å². The predicted molar refractivity (Wildman–Crippen MR) is 122 cm³/mol. The molecule has 0 saturated carbocycles. The fourth-order valence-electron chi connectivity index (χ4n) is 3.49. The molecule has 0 radical (unpaired) electrons. The van der Waals surface area contributed by atoms with Crippen LogP contribution in [0.1, 0.15) is 18.3 Å². The van der Waals surface area contributed by atoms with Crippen molar-refractivity contribution in [1.29, 1.82) is 0 Å². The highest BCUT2D eigenvalue weighted by Crippen LogP contribution is 2.29. The molecule has 0 aliphatic carbocycles. The molecule has 0 aliphatic rings. The second kappa shape index (κ2) is 10.1. The van der Waals surface area contributed by atoms with E-state index in [-0.39, 0.29) is 18.0 Å². The summed E-state index contributed by atoms with van der Waals surface area (Å²) >= 11 is 0. The number of H-pyrrole nitrogens is 1. The van der Waals surface area contributed by atoms with Crippen LogP contribution in [-0.4, -0.2) is 50.3 Å². The van der Waals surface area contributed by atoms with Gasteiger partial charge in [-0.15, -0.1) is 0 Å². The van der Waals surface area contributed by atoms with E-state index in [0.717, 1.165) is 10.5 Å². The van der Waals surface area contributed by atoms with Crippen LogP contribution in [0.3, 0.4) is 0 Å². The largest absolute Gasteiger partial charge is 0.495 e. The van der Waals surface area contributed by atoms with Crippen molar-refractivity contribution in [1.82, 2.24) is 9.97 Å². The number of rotatable bonds is 9. The van der Waals surface area contributed by atoms with Crippen molar-refractivity contribution < 1.29 is 23.9 Å². The number of aryl methyl sites for hydroxylation is 1. The molecule has 0 aliphatic heterocycles. The second-order valence-electron chi connectivity index (χ2n) is 7.45. The minimum absolute atomic E-state index is 0.153. The van der Waals surface area contributed by atoms with Gasteiger partial charge < -0.3 is 29.4 Å². The van der Waals surface area contributed by atoms with Gasteiger partial charge in [-0.1, -0.05) is 6.07 Å². The van der Waals surface area contributed by atoms with Crippen LogP contribution >= 0.6 is 0 Å². The first-order valence-electron chi connectivity index (χ1n) is 10.3. The van der Waals surface area contributed by atoms with Gasteiger partial charge >= 0.3 is 0 Å². The molecule has 1 aromatic heterocycles. The molecule has 3 rings (SSSR count). The first kappa shape index (κ1) is 23.1.